The molecule has 1 heterocycles. The number of amides is 1. The molecule has 0 bridgehead atoms. The van der Waals surface area contributed by atoms with Gasteiger partial charge in [0.1, 0.15) is 17.4 Å². The van der Waals surface area contributed by atoms with E-state index in [2.05, 4.69) is 0 Å². The number of halogens is 2. The van der Waals surface area contributed by atoms with Crippen molar-refractivity contribution in [3.63, 3.8) is 0 Å². The molecule has 25 heavy (non-hydrogen) atoms. The molecule has 1 N–H and O–H groups in total. The highest BCUT2D eigenvalue weighted by Gasteiger charge is 2.25. The Balaban J connectivity index is 1.62. The Morgan fingerprint density at radius 2 is 1.88 bits per heavy atom. The number of phenols is 1. The van der Waals surface area contributed by atoms with Crippen LogP contribution in [0, 0.1) is 17.6 Å². The number of hydrogen-bond donors (Lipinski definition) is 1. The average molecular weight is 345 g/mol. The number of aromatic hydroxyl groups is 1. The zero-order chi connectivity index (χ0) is 17.8. The minimum Gasteiger partial charge on any atom is -0.508 e. The second kappa shape index (κ2) is 7.64. The topological polar surface area (TPSA) is 40.5 Å². The molecule has 1 amide bonds. The van der Waals surface area contributed by atoms with Gasteiger partial charge >= 0.3 is 0 Å². The number of carbonyl (C=O) groups is 1. The number of nitrogens with zero attached hydrogens (tertiary/aromatic N) is 1. The Morgan fingerprint density at radius 3 is 2.60 bits per heavy atom. The van der Waals surface area contributed by atoms with Gasteiger partial charge in [0.2, 0.25) is 0 Å². The fourth-order valence-corrected chi connectivity index (χ4v) is 3.43. The molecule has 0 aliphatic carbocycles. The van der Waals surface area contributed by atoms with Crippen LogP contribution in [0.15, 0.2) is 42.5 Å². The molecule has 1 aliphatic rings. The van der Waals surface area contributed by atoms with Gasteiger partial charge in [-0.1, -0.05) is 12.1 Å². The van der Waals surface area contributed by atoms with Crippen LogP contribution in [0.3, 0.4) is 0 Å². The number of phenolic OH excluding ortho intramolecular Hbond substituents is 1. The highest BCUT2D eigenvalue weighted by atomic mass is 19.1. The quantitative estimate of drug-likeness (QED) is 0.904. The van der Waals surface area contributed by atoms with Crippen molar-refractivity contribution in [2.75, 3.05) is 13.1 Å². The molecule has 0 radical (unpaired) electrons. The Hall–Kier alpha value is -2.43. The maximum atomic E-state index is 13.7. The number of hydrogen-bond acceptors (Lipinski definition) is 2. The van der Waals surface area contributed by atoms with Crippen molar-refractivity contribution < 1.29 is 18.7 Å². The molecule has 2 aromatic carbocycles. The van der Waals surface area contributed by atoms with Crippen LogP contribution >= 0.6 is 0 Å². The maximum Gasteiger partial charge on any atom is 0.253 e. The Labute approximate surface area is 145 Å². The van der Waals surface area contributed by atoms with E-state index >= 15 is 0 Å². The zero-order valence-corrected chi connectivity index (χ0v) is 13.9. The molecular formula is C20H21F2NO2. The molecular weight excluding hydrogens is 324 g/mol. The molecule has 132 valence electrons. The molecule has 1 fully saturated rings. The van der Waals surface area contributed by atoms with Gasteiger partial charge in [0.25, 0.3) is 5.91 Å². The van der Waals surface area contributed by atoms with Crippen LogP contribution in [0.25, 0.3) is 0 Å². The summed E-state index contributed by atoms with van der Waals surface area (Å²) in [5.74, 6) is -0.854. The van der Waals surface area contributed by atoms with Crippen molar-refractivity contribution in [2.24, 2.45) is 5.92 Å². The lowest BCUT2D eigenvalue weighted by molar-refractivity contribution is 0.0667. The van der Waals surface area contributed by atoms with Gasteiger partial charge in [0.15, 0.2) is 0 Å². The smallest absolute Gasteiger partial charge is 0.253 e. The molecule has 1 unspecified atom stereocenters. The molecule has 1 saturated heterocycles. The highest BCUT2D eigenvalue weighted by Crippen LogP contribution is 2.25. The van der Waals surface area contributed by atoms with E-state index in [0.29, 0.717) is 31.5 Å². The third-order valence-corrected chi connectivity index (χ3v) is 4.76. The van der Waals surface area contributed by atoms with E-state index in [9.17, 15) is 18.7 Å². The van der Waals surface area contributed by atoms with Crippen molar-refractivity contribution in [1.82, 2.24) is 4.90 Å². The van der Waals surface area contributed by atoms with E-state index in [-0.39, 0.29) is 23.1 Å². The molecule has 0 spiro atoms. The number of carbonyl (C=O) groups excluding carboxylic acids is 1. The van der Waals surface area contributed by atoms with Gasteiger partial charge in [-0.05, 0) is 61.9 Å². The van der Waals surface area contributed by atoms with E-state index in [0.717, 1.165) is 12.8 Å². The SMILES string of the molecule is O=C(c1cccc(O)c1)N1CCCC(CCc2c(F)cccc2F)C1. The second-order valence-corrected chi connectivity index (χ2v) is 6.55. The molecule has 5 heteroatoms. The van der Waals surface area contributed by atoms with Gasteiger partial charge in [0.05, 0.1) is 0 Å². The van der Waals surface area contributed by atoms with Crippen molar-refractivity contribution >= 4 is 5.91 Å². The van der Waals surface area contributed by atoms with Crippen LogP contribution in [-0.4, -0.2) is 29.0 Å². The lowest BCUT2D eigenvalue weighted by atomic mass is 9.91. The summed E-state index contributed by atoms with van der Waals surface area (Å²) >= 11 is 0. The lowest BCUT2D eigenvalue weighted by Gasteiger charge is -2.33. The van der Waals surface area contributed by atoms with Gasteiger partial charge < -0.3 is 10.0 Å². The predicted molar refractivity (Wildman–Crippen MR) is 91.4 cm³/mol. The molecule has 2 aromatic rings. The largest absolute Gasteiger partial charge is 0.508 e. The van der Waals surface area contributed by atoms with E-state index < -0.39 is 11.6 Å². The van der Waals surface area contributed by atoms with Gasteiger partial charge in [0, 0.05) is 24.2 Å². The number of likely N-dealkylation sites (tertiary alicyclic amines) is 1. The van der Waals surface area contributed by atoms with Crippen molar-refractivity contribution in [3.8, 4) is 5.75 Å². The first-order valence-corrected chi connectivity index (χ1v) is 8.56. The number of rotatable bonds is 4. The molecule has 3 rings (SSSR count). The number of piperidine rings is 1. The Bertz CT molecular complexity index is 743. The lowest BCUT2D eigenvalue weighted by Crippen LogP contribution is -2.40. The second-order valence-electron chi connectivity index (χ2n) is 6.55. The fourth-order valence-electron chi connectivity index (χ4n) is 3.43. The average Bonchev–Trinajstić information content (AvgIpc) is 2.61. The summed E-state index contributed by atoms with van der Waals surface area (Å²) in [6.07, 6.45) is 2.79. The van der Waals surface area contributed by atoms with E-state index in [1.54, 1.807) is 17.0 Å². The molecule has 0 aromatic heterocycles. The summed E-state index contributed by atoms with van der Waals surface area (Å²) in [5.41, 5.74) is 0.583. The van der Waals surface area contributed by atoms with E-state index in [1.165, 1.54) is 30.3 Å². The van der Waals surface area contributed by atoms with Gasteiger partial charge in [-0.15, -0.1) is 0 Å². The van der Waals surface area contributed by atoms with Crippen molar-refractivity contribution in [3.05, 3.63) is 65.2 Å². The summed E-state index contributed by atoms with van der Waals surface area (Å²) in [7, 11) is 0. The third-order valence-electron chi connectivity index (χ3n) is 4.76. The van der Waals surface area contributed by atoms with Crippen LogP contribution in [0.1, 0.15) is 35.2 Å². The summed E-state index contributed by atoms with van der Waals surface area (Å²) in [5, 5.41) is 9.53. The minimum atomic E-state index is -0.511. The van der Waals surface area contributed by atoms with Crippen LogP contribution in [0.2, 0.25) is 0 Å². The van der Waals surface area contributed by atoms with Crippen LogP contribution < -0.4 is 0 Å². The van der Waals surface area contributed by atoms with Crippen LogP contribution in [0.4, 0.5) is 8.78 Å². The zero-order valence-electron chi connectivity index (χ0n) is 13.9. The Kier molecular flexibility index (Phi) is 5.31. The third kappa shape index (κ3) is 4.16. The van der Waals surface area contributed by atoms with Crippen LogP contribution in [-0.2, 0) is 6.42 Å². The van der Waals surface area contributed by atoms with Gasteiger partial charge in [-0.2, -0.15) is 0 Å². The summed E-state index contributed by atoms with van der Waals surface area (Å²) in [6, 6.07) is 10.2. The first kappa shape index (κ1) is 17.4. The first-order chi connectivity index (χ1) is 12.0. The summed E-state index contributed by atoms with van der Waals surface area (Å²) in [4.78, 5) is 14.3. The fraction of sp³-hybridized carbons (Fsp3) is 0.350. The monoisotopic (exact) mass is 345 g/mol. The van der Waals surface area contributed by atoms with Crippen molar-refractivity contribution in [1.29, 1.82) is 0 Å². The van der Waals surface area contributed by atoms with Crippen molar-refractivity contribution in [2.45, 2.75) is 25.7 Å². The summed E-state index contributed by atoms with van der Waals surface area (Å²) in [6.45, 7) is 1.24. The number of benzene rings is 2. The maximum absolute atomic E-state index is 13.7. The van der Waals surface area contributed by atoms with E-state index in [1.807, 2.05) is 0 Å². The minimum absolute atomic E-state index is 0.0643. The molecule has 3 nitrogen and oxygen atoms in total. The normalized spacial score (nSPS) is 17.5. The summed E-state index contributed by atoms with van der Waals surface area (Å²) < 4.78 is 27.5. The standard InChI is InChI=1S/C20H21F2NO2/c21-18-7-2-8-19(22)17(18)10-9-14-4-3-11-23(13-14)20(25)15-5-1-6-16(24)12-15/h1-2,5-8,12,14,24H,3-4,9-11,13H2. The van der Waals surface area contributed by atoms with Gasteiger partial charge in [-0.25, -0.2) is 8.78 Å². The highest BCUT2D eigenvalue weighted by molar-refractivity contribution is 5.94. The molecule has 1 atom stereocenters. The molecule has 1 aliphatic heterocycles. The Morgan fingerprint density at radius 1 is 1.16 bits per heavy atom. The van der Waals surface area contributed by atoms with Crippen LogP contribution in [0.5, 0.6) is 5.75 Å². The first-order valence-electron chi connectivity index (χ1n) is 8.56. The predicted octanol–water partition coefficient (Wildman–Crippen LogP) is 4.16. The molecule has 0 saturated carbocycles. The van der Waals surface area contributed by atoms with E-state index in [4.69, 9.17) is 0 Å². The van der Waals surface area contributed by atoms with Gasteiger partial charge in [-0.3, -0.25) is 4.79 Å².